The van der Waals surface area contributed by atoms with Gasteiger partial charge in [-0.25, -0.2) is 0 Å². The Labute approximate surface area is 218 Å². The van der Waals surface area contributed by atoms with Crippen molar-refractivity contribution in [2.45, 2.75) is 6.42 Å². The number of nitrogens with one attached hydrogen (secondary N) is 3. The zero-order valence-corrected chi connectivity index (χ0v) is 21.6. The van der Waals surface area contributed by atoms with Crippen LogP contribution in [0.4, 0.5) is 5.69 Å². The summed E-state index contributed by atoms with van der Waals surface area (Å²) >= 11 is 8.73. The van der Waals surface area contributed by atoms with Crippen molar-refractivity contribution in [1.82, 2.24) is 10.6 Å². The molecule has 0 aromatic heterocycles. The lowest BCUT2D eigenvalue weighted by atomic mass is 10.1. The van der Waals surface area contributed by atoms with Gasteiger partial charge in [0, 0.05) is 35.8 Å². The van der Waals surface area contributed by atoms with E-state index < -0.39 is 5.91 Å². The lowest BCUT2D eigenvalue weighted by Gasteiger charge is -2.14. The number of halogens is 1. The van der Waals surface area contributed by atoms with E-state index in [1.807, 2.05) is 36.4 Å². The average Bonchev–Trinajstić information content (AvgIpc) is 2.85. The molecule has 0 atom stereocenters. The number of hydrogen-bond acceptors (Lipinski definition) is 5. The van der Waals surface area contributed by atoms with E-state index in [4.69, 9.17) is 21.7 Å². The number of ether oxygens (including phenoxy) is 2. The Morgan fingerprint density at radius 3 is 2.51 bits per heavy atom. The lowest BCUT2D eigenvalue weighted by molar-refractivity contribution is 0.0935. The van der Waals surface area contributed by atoms with Gasteiger partial charge in [0.15, 0.2) is 5.11 Å². The molecular weight excluding hydrogens is 530 g/mol. The van der Waals surface area contributed by atoms with Crippen LogP contribution in [0.15, 0.2) is 77.3 Å². The minimum absolute atomic E-state index is 0.0992. The first kappa shape index (κ1) is 26.3. The molecule has 0 saturated carbocycles. The Morgan fingerprint density at radius 1 is 0.943 bits per heavy atom. The van der Waals surface area contributed by atoms with Crippen LogP contribution in [0.1, 0.15) is 26.3 Å². The number of hydrogen-bond donors (Lipinski definition) is 3. The maximum absolute atomic E-state index is 13.0. The molecule has 0 aliphatic carbocycles. The quantitative estimate of drug-likeness (QED) is 0.251. The van der Waals surface area contributed by atoms with Crippen molar-refractivity contribution in [1.29, 1.82) is 0 Å². The molecule has 0 aliphatic rings. The van der Waals surface area contributed by atoms with Gasteiger partial charge in [-0.1, -0.05) is 52.3 Å². The lowest BCUT2D eigenvalue weighted by Crippen LogP contribution is -2.34. The Hall–Kier alpha value is -3.27. The highest BCUT2D eigenvalue weighted by molar-refractivity contribution is 9.10. The third-order valence-electron chi connectivity index (χ3n) is 4.88. The molecular formula is C26H26BrN3O4S. The van der Waals surface area contributed by atoms with Crippen molar-refractivity contribution in [2.75, 3.05) is 32.2 Å². The van der Waals surface area contributed by atoms with Crippen LogP contribution in [-0.2, 0) is 11.2 Å². The molecule has 3 N–H and O–H groups in total. The van der Waals surface area contributed by atoms with Crippen LogP contribution in [0.25, 0.3) is 0 Å². The van der Waals surface area contributed by atoms with Gasteiger partial charge in [0.2, 0.25) is 0 Å². The zero-order chi connectivity index (χ0) is 25.0. The van der Waals surface area contributed by atoms with Gasteiger partial charge in [-0.05, 0) is 54.2 Å². The summed E-state index contributed by atoms with van der Waals surface area (Å²) < 4.78 is 11.6. The number of benzene rings is 3. The summed E-state index contributed by atoms with van der Waals surface area (Å²) in [7, 11) is 1.57. The van der Waals surface area contributed by atoms with Crippen molar-refractivity contribution in [3.8, 4) is 5.75 Å². The van der Waals surface area contributed by atoms with E-state index in [-0.39, 0.29) is 11.0 Å². The topological polar surface area (TPSA) is 88.7 Å². The van der Waals surface area contributed by atoms with Gasteiger partial charge in [-0.15, -0.1) is 0 Å². The molecule has 0 radical (unpaired) electrons. The van der Waals surface area contributed by atoms with Crippen LogP contribution in [-0.4, -0.2) is 43.8 Å². The van der Waals surface area contributed by atoms with E-state index in [1.54, 1.807) is 43.5 Å². The number of rotatable bonds is 10. The highest BCUT2D eigenvalue weighted by Crippen LogP contribution is 2.24. The third kappa shape index (κ3) is 8.47. The molecule has 35 heavy (non-hydrogen) atoms. The monoisotopic (exact) mass is 555 g/mol. The number of thiocarbonyl (C=S) groups is 1. The van der Waals surface area contributed by atoms with Gasteiger partial charge < -0.3 is 20.1 Å². The second kappa shape index (κ2) is 13.6. The molecule has 3 aromatic rings. The first-order valence-electron chi connectivity index (χ1n) is 10.9. The molecule has 0 heterocycles. The summed E-state index contributed by atoms with van der Waals surface area (Å²) in [6.45, 7) is 1.26. The SMILES string of the molecule is COCCNC(=O)c1cccc(NC(=S)NC(=O)c2cc(Br)ccc2OCCc2ccccc2)c1. The van der Waals surface area contributed by atoms with Crippen LogP contribution in [0.3, 0.4) is 0 Å². The summed E-state index contributed by atoms with van der Waals surface area (Å²) in [4.78, 5) is 25.2. The molecule has 0 bridgehead atoms. The maximum atomic E-state index is 13.0. The highest BCUT2D eigenvalue weighted by atomic mass is 79.9. The number of amides is 2. The summed E-state index contributed by atoms with van der Waals surface area (Å²) in [6.07, 6.45) is 0.716. The number of carbonyl (C=O) groups is 2. The molecule has 3 aromatic carbocycles. The van der Waals surface area contributed by atoms with E-state index in [0.29, 0.717) is 48.7 Å². The minimum Gasteiger partial charge on any atom is -0.492 e. The molecule has 0 unspecified atom stereocenters. The summed E-state index contributed by atoms with van der Waals surface area (Å²) in [5.74, 6) is -0.182. The van der Waals surface area contributed by atoms with Gasteiger partial charge in [-0.2, -0.15) is 0 Å². The molecule has 3 rings (SSSR count). The molecule has 2 amide bonds. The molecule has 0 saturated heterocycles. The van der Waals surface area contributed by atoms with Gasteiger partial charge in [0.25, 0.3) is 11.8 Å². The van der Waals surface area contributed by atoms with E-state index in [2.05, 4.69) is 31.9 Å². The first-order chi connectivity index (χ1) is 17.0. The molecule has 7 nitrogen and oxygen atoms in total. The van der Waals surface area contributed by atoms with E-state index in [1.165, 1.54) is 0 Å². The maximum Gasteiger partial charge on any atom is 0.261 e. The Kier molecular flexibility index (Phi) is 10.2. The van der Waals surface area contributed by atoms with Crippen molar-refractivity contribution >= 4 is 50.8 Å². The molecule has 182 valence electrons. The fourth-order valence-electron chi connectivity index (χ4n) is 3.17. The van der Waals surface area contributed by atoms with Crippen LogP contribution in [0.2, 0.25) is 0 Å². The summed E-state index contributed by atoms with van der Waals surface area (Å²) in [6, 6.07) is 22.0. The second-order valence-corrected chi connectivity index (χ2v) is 8.79. The molecule has 9 heteroatoms. The Bertz CT molecular complexity index is 1170. The minimum atomic E-state index is -0.410. The largest absolute Gasteiger partial charge is 0.492 e. The highest BCUT2D eigenvalue weighted by Gasteiger charge is 2.15. The fourth-order valence-corrected chi connectivity index (χ4v) is 3.74. The number of carbonyl (C=O) groups excluding carboxylic acids is 2. The smallest absolute Gasteiger partial charge is 0.261 e. The van der Waals surface area contributed by atoms with E-state index in [9.17, 15) is 9.59 Å². The second-order valence-electron chi connectivity index (χ2n) is 7.46. The van der Waals surface area contributed by atoms with Gasteiger partial charge in [0.05, 0.1) is 18.8 Å². The van der Waals surface area contributed by atoms with Crippen molar-refractivity contribution < 1.29 is 19.1 Å². The summed E-state index contributed by atoms with van der Waals surface area (Å²) in [5.41, 5.74) is 2.53. The summed E-state index contributed by atoms with van der Waals surface area (Å²) in [5, 5.41) is 8.48. The van der Waals surface area contributed by atoms with Crippen LogP contribution in [0, 0.1) is 0 Å². The van der Waals surface area contributed by atoms with Crippen LogP contribution in [0.5, 0.6) is 5.75 Å². The average molecular weight is 556 g/mol. The van der Waals surface area contributed by atoms with E-state index >= 15 is 0 Å². The van der Waals surface area contributed by atoms with Gasteiger partial charge >= 0.3 is 0 Å². The van der Waals surface area contributed by atoms with Gasteiger partial charge in [-0.3, -0.25) is 14.9 Å². The molecule has 0 fully saturated rings. The molecule has 0 spiro atoms. The zero-order valence-electron chi connectivity index (χ0n) is 19.2. The fraction of sp³-hybridized carbons (Fsp3) is 0.192. The van der Waals surface area contributed by atoms with Crippen molar-refractivity contribution in [2.24, 2.45) is 0 Å². The molecule has 0 aliphatic heterocycles. The Balaban J connectivity index is 1.60. The van der Waals surface area contributed by atoms with Crippen molar-refractivity contribution in [3.63, 3.8) is 0 Å². The predicted octanol–water partition coefficient (Wildman–Crippen LogP) is 4.57. The van der Waals surface area contributed by atoms with Crippen LogP contribution >= 0.6 is 28.1 Å². The Morgan fingerprint density at radius 2 is 1.74 bits per heavy atom. The predicted molar refractivity (Wildman–Crippen MR) is 144 cm³/mol. The third-order valence-corrected chi connectivity index (χ3v) is 5.58. The van der Waals surface area contributed by atoms with E-state index in [0.717, 1.165) is 10.0 Å². The van der Waals surface area contributed by atoms with Crippen LogP contribution < -0.4 is 20.7 Å². The van der Waals surface area contributed by atoms with Crippen molar-refractivity contribution in [3.05, 3.63) is 94.0 Å². The number of methoxy groups -OCH3 is 1. The normalized spacial score (nSPS) is 10.3. The standard InChI is InChI=1S/C26H26BrN3O4S/c1-33-15-13-28-24(31)19-8-5-9-21(16-19)29-26(35)30-25(32)22-17-20(27)10-11-23(22)34-14-12-18-6-3-2-4-7-18/h2-11,16-17H,12-15H2,1H3,(H,28,31)(H2,29,30,32,35). The first-order valence-corrected chi connectivity index (χ1v) is 12.1. The number of anilines is 1. The van der Waals surface area contributed by atoms with Gasteiger partial charge in [0.1, 0.15) is 5.75 Å².